The van der Waals surface area contributed by atoms with Crippen LogP contribution in [0.3, 0.4) is 0 Å². The van der Waals surface area contributed by atoms with Crippen LogP contribution in [0.2, 0.25) is 0 Å². The molecule has 2 rings (SSSR count). The third kappa shape index (κ3) is 3.61. The van der Waals surface area contributed by atoms with Gasteiger partial charge in [-0.05, 0) is 53.7 Å². The molecule has 0 aliphatic carbocycles. The van der Waals surface area contributed by atoms with Crippen LogP contribution < -0.4 is 9.47 Å². The number of ether oxygens (including phenoxy) is 2. The molecule has 0 aliphatic rings. The molecule has 1 heterocycles. The number of halogens is 1. The molecule has 0 radical (unpaired) electrons. The molecule has 8 heteroatoms. The van der Waals surface area contributed by atoms with Crippen LogP contribution in [0, 0.1) is 6.92 Å². The predicted molar refractivity (Wildman–Crippen MR) is 91.4 cm³/mol. The summed E-state index contributed by atoms with van der Waals surface area (Å²) in [6, 6.07) is 3.80. The van der Waals surface area contributed by atoms with Crippen molar-refractivity contribution in [1.29, 1.82) is 0 Å². The van der Waals surface area contributed by atoms with Crippen molar-refractivity contribution in [1.82, 2.24) is 14.9 Å². The summed E-state index contributed by atoms with van der Waals surface area (Å²) >= 11 is 4.99. The first kappa shape index (κ1) is 16.8. The molecule has 0 saturated heterocycles. The molecule has 0 fully saturated rings. The second kappa shape index (κ2) is 7.64. The maximum absolute atomic E-state index is 5.57. The van der Waals surface area contributed by atoms with Crippen LogP contribution in [0.4, 0.5) is 0 Å². The van der Waals surface area contributed by atoms with Gasteiger partial charge < -0.3 is 9.47 Å². The van der Waals surface area contributed by atoms with Crippen LogP contribution in [0.25, 0.3) is 0 Å². The quantitative estimate of drug-likeness (QED) is 0.564. The number of benzene rings is 1. The zero-order valence-electron chi connectivity index (χ0n) is 12.8. The van der Waals surface area contributed by atoms with Crippen molar-refractivity contribution >= 4 is 33.9 Å². The topological polar surface area (TPSA) is 61.5 Å². The van der Waals surface area contributed by atoms with E-state index in [9.17, 15) is 0 Å². The van der Waals surface area contributed by atoms with Crippen LogP contribution in [0.15, 0.2) is 26.9 Å². The van der Waals surface area contributed by atoms with E-state index in [4.69, 9.17) is 9.47 Å². The van der Waals surface area contributed by atoms with Gasteiger partial charge in [0.2, 0.25) is 5.16 Å². The van der Waals surface area contributed by atoms with Crippen LogP contribution in [-0.2, 0) is 0 Å². The fourth-order valence-corrected chi connectivity index (χ4v) is 2.87. The van der Waals surface area contributed by atoms with E-state index >= 15 is 0 Å². The first-order valence-electron chi connectivity index (χ1n) is 6.61. The second-order valence-corrected chi connectivity index (χ2v) is 5.89. The molecule has 0 bridgehead atoms. The number of hydrogen-bond donors (Lipinski definition) is 0. The van der Waals surface area contributed by atoms with Crippen LogP contribution in [0.5, 0.6) is 11.5 Å². The highest BCUT2D eigenvalue weighted by molar-refractivity contribution is 9.10. The average molecular weight is 385 g/mol. The van der Waals surface area contributed by atoms with Gasteiger partial charge in [-0.25, -0.2) is 0 Å². The number of thioether (sulfide) groups is 1. The summed E-state index contributed by atoms with van der Waals surface area (Å²) < 4.78 is 13.5. The van der Waals surface area contributed by atoms with Gasteiger partial charge in [-0.1, -0.05) is 11.8 Å². The minimum Gasteiger partial charge on any atom is -0.493 e. The van der Waals surface area contributed by atoms with Gasteiger partial charge in [-0.3, -0.25) is 0 Å². The smallest absolute Gasteiger partial charge is 0.211 e. The van der Waals surface area contributed by atoms with Crippen molar-refractivity contribution in [2.24, 2.45) is 5.10 Å². The third-order valence-electron chi connectivity index (χ3n) is 2.81. The van der Waals surface area contributed by atoms with Gasteiger partial charge in [0.15, 0.2) is 17.3 Å². The lowest BCUT2D eigenvalue weighted by Gasteiger charge is -2.12. The Kier molecular flexibility index (Phi) is 5.84. The molecule has 0 aliphatic heterocycles. The monoisotopic (exact) mass is 384 g/mol. The first-order chi connectivity index (χ1) is 10.6. The van der Waals surface area contributed by atoms with Gasteiger partial charge >= 0.3 is 0 Å². The second-order valence-electron chi connectivity index (χ2n) is 4.26. The molecular formula is C14H17BrN4O2S. The summed E-state index contributed by atoms with van der Waals surface area (Å²) in [6.45, 7) is 4.36. The molecular weight excluding hydrogens is 368 g/mol. The highest BCUT2D eigenvalue weighted by atomic mass is 79.9. The van der Waals surface area contributed by atoms with Crippen LogP contribution in [0.1, 0.15) is 18.3 Å². The van der Waals surface area contributed by atoms with E-state index in [0.29, 0.717) is 18.1 Å². The summed E-state index contributed by atoms with van der Waals surface area (Å²) in [5.74, 6) is 2.08. The zero-order valence-corrected chi connectivity index (χ0v) is 15.2. The van der Waals surface area contributed by atoms with Crippen molar-refractivity contribution in [2.45, 2.75) is 19.0 Å². The molecule has 1 aromatic carbocycles. The number of aryl methyl sites for hydroxylation is 1. The van der Waals surface area contributed by atoms with E-state index in [1.54, 1.807) is 18.0 Å². The highest BCUT2D eigenvalue weighted by Crippen LogP contribution is 2.36. The van der Waals surface area contributed by atoms with Crippen molar-refractivity contribution in [3.05, 3.63) is 28.0 Å². The lowest BCUT2D eigenvalue weighted by Crippen LogP contribution is -1.99. The highest BCUT2D eigenvalue weighted by Gasteiger charge is 2.11. The Morgan fingerprint density at radius 2 is 2.18 bits per heavy atom. The Bertz CT molecular complexity index is 688. The third-order valence-corrected chi connectivity index (χ3v) is 4.02. The molecule has 2 aromatic rings. The fourth-order valence-electron chi connectivity index (χ4n) is 1.82. The lowest BCUT2D eigenvalue weighted by atomic mass is 10.2. The van der Waals surface area contributed by atoms with E-state index in [0.717, 1.165) is 21.0 Å². The van der Waals surface area contributed by atoms with Gasteiger partial charge in [0, 0.05) is 0 Å². The first-order valence-corrected chi connectivity index (χ1v) is 8.63. The number of hydrogen-bond acceptors (Lipinski definition) is 6. The van der Waals surface area contributed by atoms with E-state index in [1.807, 2.05) is 32.2 Å². The molecule has 6 nitrogen and oxygen atoms in total. The van der Waals surface area contributed by atoms with Crippen molar-refractivity contribution < 1.29 is 9.47 Å². The maximum Gasteiger partial charge on any atom is 0.211 e. The largest absolute Gasteiger partial charge is 0.493 e. The Morgan fingerprint density at radius 1 is 1.41 bits per heavy atom. The molecule has 0 N–H and O–H groups in total. The van der Waals surface area contributed by atoms with Gasteiger partial charge in [0.25, 0.3) is 0 Å². The number of aromatic nitrogens is 3. The minimum atomic E-state index is 0.569. The van der Waals surface area contributed by atoms with E-state index in [2.05, 4.69) is 31.2 Å². The van der Waals surface area contributed by atoms with E-state index < -0.39 is 0 Å². The summed E-state index contributed by atoms with van der Waals surface area (Å²) in [4.78, 5) is 0. The Labute approximate surface area is 142 Å². The molecule has 0 saturated carbocycles. The number of methoxy groups -OCH3 is 1. The Balaban J connectivity index is 2.35. The summed E-state index contributed by atoms with van der Waals surface area (Å²) in [5, 5.41) is 13.2. The van der Waals surface area contributed by atoms with Crippen molar-refractivity contribution in [3.8, 4) is 11.5 Å². The SMILES string of the molecule is CCOc1c(Br)cc(/C=N\n2c(C)nnc2SC)cc1OC. The lowest BCUT2D eigenvalue weighted by molar-refractivity contribution is 0.309. The normalized spacial score (nSPS) is 11.1. The number of nitrogens with zero attached hydrogens (tertiary/aromatic N) is 4. The van der Waals surface area contributed by atoms with E-state index in [1.165, 1.54) is 11.8 Å². The van der Waals surface area contributed by atoms with Gasteiger partial charge in [-0.2, -0.15) is 9.78 Å². The molecule has 0 amide bonds. The molecule has 0 unspecified atom stereocenters. The average Bonchev–Trinajstić information content (AvgIpc) is 2.87. The standard InChI is InChI=1S/C14H17BrN4O2S/c1-5-21-13-11(15)6-10(7-12(13)20-3)8-16-19-9(2)17-18-14(19)22-4/h6-8H,5H2,1-4H3/b16-8-. The summed E-state index contributed by atoms with van der Waals surface area (Å²) in [7, 11) is 1.61. The van der Waals surface area contributed by atoms with Crippen LogP contribution >= 0.6 is 27.7 Å². The van der Waals surface area contributed by atoms with Crippen molar-refractivity contribution in [2.75, 3.05) is 20.0 Å². The van der Waals surface area contributed by atoms with Crippen molar-refractivity contribution in [3.63, 3.8) is 0 Å². The molecule has 1 aromatic heterocycles. The molecule has 0 spiro atoms. The van der Waals surface area contributed by atoms with Gasteiger partial charge in [0.05, 0.1) is 24.4 Å². The molecule has 0 atom stereocenters. The Hall–Kier alpha value is -1.54. The number of rotatable bonds is 6. The fraction of sp³-hybridized carbons (Fsp3) is 0.357. The molecule has 118 valence electrons. The predicted octanol–water partition coefficient (Wildman–Crippen LogP) is 3.36. The zero-order chi connectivity index (χ0) is 16.1. The van der Waals surface area contributed by atoms with Gasteiger partial charge in [-0.15, -0.1) is 10.2 Å². The summed E-state index contributed by atoms with van der Waals surface area (Å²) in [5.41, 5.74) is 0.882. The minimum absolute atomic E-state index is 0.569. The van der Waals surface area contributed by atoms with E-state index in [-0.39, 0.29) is 0 Å². The maximum atomic E-state index is 5.57. The molecule has 22 heavy (non-hydrogen) atoms. The van der Waals surface area contributed by atoms with Gasteiger partial charge in [0.1, 0.15) is 0 Å². The Morgan fingerprint density at radius 3 is 2.82 bits per heavy atom. The van der Waals surface area contributed by atoms with Crippen LogP contribution in [-0.4, -0.2) is 41.1 Å². The summed E-state index contributed by atoms with van der Waals surface area (Å²) in [6.07, 6.45) is 3.67.